The highest BCUT2D eigenvalue weighted by molar-refractivity contribution is 5.89. The summed E-state index contributed by atoms with van der Waals surface area (Å²) < 4.78 is 0. The molecule has 1 unspecified atom stereocenters. The first-order chi connectivity index (χ1) is 8.77. The summed E-state index contributed by atoms with van der Waals surface area (Å²) in [6.07, 6.45) is 0. The van der Waals surface area contributed by atoms with E-state index in [1.807, 2.05) is 0 Å². The number of nitrogens with two attached hydrogens (primary N) is 1. The molecule has 3 atom stereocenters. The van der Waals surface area contributed by atoms with E-state index in [0.29, 0.717) is 0 Å². The van der Waals surface area contributed by atoms with E-state index in [4.69, 9.17) is 5.73 Å². The van der Waals surface area contributed by atoms with E-state index in [1.165, 1.54) is 14.0 Å². The van der Waals surface area contributed by atoms with Crippen molar-refractivity contribution < 1.29 is 14.4 Å². The van der Waals surface area contributed by atoms with Crippen LogP contribution in [0.25, 0.3) is 0 Å². The Hall–Kier alpha value is -1.83. The van der Waals surface area contributed by atoms with Crippen LogP contribution in [-0.4, -0.2) is 49.6 Å². The lowest BCUT2D eigenvalue weighted by molar-refractivity contribution is -0.126. The molecule has 0 saturated heterocycles. The molecule has 19 heavy (non-hydrogen) atoms. The van der Waals surface area contributed by atoms with Gasteiger partial charge in [0.05, 0.1) is 6.54 Å². The van der Waals surface area contributed by atoms with Gasteiger partial charge in [-0.25, -0.2) is 4.79 Å². The van der Waals surface area contributed by atoms with Crippen molar-refractivity contribution in [2.24, 2.45) is 5.73 Å². The van der Waals surface area contributed by atoms with E-state index in [1.54, 1.807) is 13.8 Å². The zero-order valence-corrected chi connectivity index (χ0v) is 11.7. The van der Waals surface area contributed by atoms with Crippen LogP contribution in [0.2, 0.25) is 0 Å². The molecule has 0 aliphatic heterocycles. The summed E-state index contributed by atoms with van der Waals surface area (Å²) in [4.78, 5) is 34.0. The third kappa shape index (κ3) is 7.24. The second kappa shape index (κ2) is 8.30. The lowest BCUT2D eigenvalue weighted by atomic mass is 10.2. The Morgan fingerprint density at radius 2 is 1.68 bits per heavy atom. The standard InChI is InChI=1S/C11H23N5O3/c1-6(12)7(2)15-11(19)16-8(3)10(18)14-5-9(17)13-4/h6-8H,5,12H2,1-4H3,(H,13,17)(H,14,18)(H2,15,16,19)/t6-,7-,8?/m0/s1. The summed E-state index contributed by atoms with van der Waals surface area (Å²) in [5.41, 5.74) is 5.60. The fraction of sp³-hybridized carbons (Fsp3) is 0.727. The molecule has 8 heteroatoms. The van der Waals surface area contributed by atoms with E-state index in [-0.39, 0.29) is 24.5 Å². The highest BCUT2D eigenvalue weighted by Crippen LogP contribution is 1.88. The van der Waals surface area contributed by atoms with E-state index >= 15 is 0 Å². The highest BCUT2D eigenvalue weighted by Gasteiger charge is 2.17. The first-order valence-electron chi connectivity index (χ1n) is 6.08. The van der Waals surface area contributed by atoms with Crippen molar-refractivity contribution in [1.29, 1.82) is 0 Å². The maximum absolute atomic E-state index is 11.6. The molecule has 0 radical (unpaired) electrons. The van der Waals surface area contributed by atoms with Crippen LogP contribution in [0.3, 0.4) is 0 Å². The van der Waals surface area contributed by atoms with Crippen LogP contribution in [0.5, 0.6) is 0 Å². The molecule has 0 aromatic heterocycles. The van der Waals surface area contributed by atoms with Gasteiger partial charge in [0.1, 0.15) is 6.04 Å². The summed E-state index contributed by atoms with van der Waals surface area (Å²) in [5.74, 6) is -0.747. The van der Waals surface area contributed by atoms with Gasteiger partial charge in [-0.3, -0.25) is 9.59 Å². The van der Waals surface area contributed by atoms with Crippen LogP contribution in [0.1, 0.15) is 20.8 Å². The molecule has 0 heterocycles. The molecule has 0 bridgehead atoms. The van der Waals surface area contributed by atoms with Gasteiger partial charge in [0.2, 0.25) is 11.8 Å². The van der Waals surface area contributed by atoms with Crippen molar-refractivity contribution in [3.63, 3.8) is 0 Å². The Labute approximate surface area is 112 Å². The molecule has 0 spiro atoms. The zero-order valence-electron chi connectivity index (χ0n) is 11.7. The molecule has 0 saturated carbocycles. The number of amides is 4. The molecular weight excluding hydrogens is 250 g/mol. The van der Waals surface area contributed by atoms with Gasteiger partial charge in [-0.2, -0.15) is 0 Å². The number of hydrogen-bond donors (Lipinski definition) is 5. The molecule has 0 aromatic rings. The number of likely N-dealkylation sites (N-methyl/N-ethyl adjacent to an activating group) is 1. The van der Waals surface area contributed by atoms with Gasteiger partial charge in [-0.05, 0) is 20.8 Å². The van der Waals surface area contributed by atoms with Crippen molar-refractivity contribution in [3.8, 4) is 0 Å². The topological polar surface area (TPSA) is 125 Å². The Morgan fingerprint density at radius 3 is 2.16 bits per heavy atom. The number of carbonyl (C=O) groups is 3. The quantitative estimate of drug-likeness (QED) is 0.394. The second-order valence-corrected chi connectivity index (χ2v) is 4.38. The molecular formula is C11H23N5O3. The third-order valence-corrected chi connectivity index (χ3v) is 2.59. The van der Waals surface area contributed by atoms with E-state index in [0.717, 1.165) is 0 Å². The monoisotopic (exact) mass is 273 g/mol. The Morgan fingerprint density at radius 1 is 1.11 bits per heavy atom. The minimum absolute atomic E-state index is 0.126. The van der Waals surface area contributed by atoms with Crippen LogP contribution < -0.4 is 27.0 Å². The normalized spacial score (nSPS) is 14.8. The molecule has 110 valence electrons. The van der Waals surface area contributed by atoms with Crippen molar-refractivity contribution in [2.45, 2.75) is 38.9 Å². The first-order valence-corrected chi connectivity index (χ1v) is 6.08. The Balaban J connectivity index is 4.08. The fourth-order valence-electron chi connectivity index (χ4n) is 1.05. The molecule has 0 fully saturated rings. The van der Waals surface area contributed by atoms with Gasteiger partial charge < -0.3 is 27.0 Å². The van der Waals surface area contributed by atoms with Crippen LogP contribution in [0.4, 0.5) is 4.79 Å². The minimum Gasteiger partial charge on any atom is -0.358 e. The van der Waals surface area contributed by atoms with Gasteiger partial charge >= 0.3 is 6.03 Å². The average molecular weight is 273 g/mol. The number of rotatable bonds is 6. The van der Waals surface area contributed by atoms with Crippen molar-refractivity contribution >= 4 is 17.8 Å². The summed E-state index contributed by atoms with van der Waals surface area (Å²) in [6.45, 7) is 4.93. The number of hydrogen-bond acceptors (Lipinski definition) is 4. The maximum Gasteiger partial charge on any atom is 0.315 e. The molecule has 0 aliphatic carbocycles. The van der Waals surface area contributed by atoms with Gasteiger partial charge in [0.25, 0.3) is 0 Å². The van der Waals surface area contributed by atoms with Crippen LogP contribution in [-0.2, 0) is 9.59 Å². The number of nitrogens with one attached hydrogen (secondary N) is 4. The van der Waals surface area contributed by atoms with Crippen LogP contribution >= 0.6 is 0 Å². The van der Waals surface area contributed by atoms with E-state index in [9.17, 15) is 14.4 Å². The van der Waals surface area contributed by atoms with Crippen LogP contribution in [0.15, 0.2) is 0 Å². The molecule has 0 rings (SSSR count). The lowest BCUT2D eigenvalue weighted by Crippen LogP contribution is -2.53. The highest BCUT2D eigenvalue weighted by atomic mass is 16.2. The molecule has 0 aromatic carbocycles. The predicted molar refractivity (Wildman–Crippen MR) is 71.3 cm³/mol. The predicted octanol–water partition coefficient (Wildman–Crippen LogP) is -1.73. The lowest BCUT2D eigenvalue weighted by Gasteiger charge is -2.20. The van der Waals surface area contributed by atoms with Gasteiger partial charge in [-0.15, -0.1) is 0 Å². The van der Waals surface area contributed by atoms with Crippen LogP contribution in [0, 0.1) is 0 Å². The summed E-state index contributed by atoms with van der Waals surface area (Å²) in [7, 11) is 1.47. The largest absolute Gasteiger partial charge is 0.358 e. The van der Waals surface area contributed by atoms with Crippen molar-refractivity contribution in [3.05, 3.63) is 0 Å². The first kappa shape index (κ1) is 17.2. The maximum atomic E-state index is 11.6. The van der Waals surface area contributed by atoms with Gasteiger partial charge in [0.15, 0.2) is 0 Å². The Kier molecular flexibility index (Phi) is 7.50. The molecule has 6 N–H and O–H groups in total. The SMILES string of the molecule is CNC(=O)CNC(=O)C(C)NC(=O)N[C@@H](C)[C@H](C)N. The number of urea groups is 1. The minimum atomic E-state index is -0.745. The molecule has 4 amide bonds. The summed E-state index contributed by atoms with van der Waals surface area (Å²) in [5, 5.41) is 9.83. The second-order valence-electron chi connectivity index (χ2n) is 4.38. The summed E-state index contributed by atoms with van der Waals surface area (Å²) >= 11 is 0. The zero-order chi connectivity index (χ0) is 15.0. The Bertz CT molecular complexity index is 332. The smallest absolute Gasteiger partial charge is 0.315 e. The molecule has 8 nitrogen and oxygen atoms in total. The average Bonchev–Trinajstić information content (AvgIpc) is 2.34. The fourth-order valence-corrected chi connectivity index (χ4v) is 1.05. The van der Waals surface area contributed by atoms with Crippen molar-refractivity contribution in [2.75, 3.05) is 13.6 Å². The van der Waals surface area contributed by atoms with E-state index in [2.05, 4.69) is 21.3 Å². The van der Waals surface area contributed by atoms with Gasteiger partial charge in [-0.1, -0.05) is 0 Å². The third-order valence-electron chi connectivity index (χ3n) is 2.59. The molecule has 0 aliphatic rings. The summed E-state index contributed by atoms with van der Waals surface area (Å²) in [6, 6.07) is -1.62. The van der Waals surface area contributed by atoms with E-state index < -0.39 is 18.0 Å². The van der Waals surface area contributed by atoms with Gasteiger partial charge in [0, 0.05) is 19.1 Å². The number of carbonyl (C=O) groups excluding carboxylic acids is 3. The van der Waals surface area contributed by atoms with Crippen molar-refractivity contribution in [1.82, 2.24) is 21.3 Å².